The lowest BCUT2D eigenvalue weighted by atomic mass is 10.1. The number of halogens is 3. The molecule has 0 saturated carbocycles. The van der Waals surface area contributed by atoms with Gasteiger partial charge in [0, 0.05) is 35.0 Å². The van der Waals surface area contributed by atoms with Crippen LogP contribution in [0.3, 0.4) is 0 Å². The Bertz CT molecular complexity index is 1360. The van der Waals surface area contributed by atoms with E-state index in [1.807, 2.05) is 0 Å². The van der Waals surface area contributed by atoms with Crippen molar-refractivity contribution in [2.45, 2.75) is 22.4 Å². The van der Waals surface area contributed by atoms with Crippen molar-refractivity contribution in [1.29, 1.82) is 0 Å². The Morgan fingerprint density at radius 2 is 1.49 bits per heavy atom. The van der Waals surface area contributed by atoms with Gasteiger partial charge < -0.3 is 4.90 Å². The van der Waals surface area contributed by atoms with Crippen molar-refractivity contribution >= 4 is 40.6 Å². The number of carbonyl (C=O) groups is 2. The van der Waals surface area contributed by atoms with Crippen LogP contribution >= 0.6 is 11.8 Å². The van der Waals surface area contributed by atoms with Crippen molar-refractivity contribution in [1.82, 2.24) is 4.90 Å². The minimum Gasteiger partial charge on any atom is -0.340 e. The maximum absolute atomic E-state index is 13.4. The maximum Gasteiger partial charge on any atom is 0.416 e. The summed E-state index contributed by atoms with van der Waals surface area (Å²) in [5.74, 6) is -0.814. The molecule has 11 heteroatoms. The number of nitro groups is 1. The SMILES string of the molecule is O=C1c2ccccc2C(=O)N1CCCN1c2ccc([N+](=O)[O-])cc2Sc2ccc(C(F)(F)F)cc21. The highest BCUT2D eigenvalue weighted by molar-refractivity contribution is 7.99. The van der Waals surface area contributed by atoms with Crippen LogP contribution in [0.1, 0.15) is 32.7 Å². The smallest absolute Gasteiger partial charge is 0.340 e. The lowest BCUT2D eigenvalue weighted by molar-refractivity contribution is -0.385. The third-order valence-corrected chi connectivity index (χ3v) is 7.00. The zero-order chi connectivity index (χ0) is 24.9. The molecule has 0 N–H and O–H groups in total. The van der Waals surface area contributed by atoms with Crippen molar-refractivity contribution in [2.24, 2.45) is 0 Å². The van der Waals surface area contributed by atoms with Crippen LogP contribution in [-0.4, -0.2) is 34.7 Å². The van der Waals surface area contributed by atoms with E-state index in [9.17, 15) is 32.9 Å². The van der Waals surface area contributed by atoms with Gasteiger partial charge in [-0.1, -0.05) is 23.9 Å². The minimum atomic E-state index is -4.54. The molecule has 0 spiro atoms. The molecule has 2 amide bonds. The van der Waals surface area contributed by atoms with Crippen LogP contribution in [0.15, 0.2) is 70.5 Å². The number of hydrogen-bond acceptors (Lipinski definition) is 6. The summed E-state index contributed by atoms with van der Waals surface area (Å²) in [4.78, 5) is 39.8. The molecule has 0 saturated heterocycles. The fourth-order valence-electron chi connectivity index (χ4n) is 4.23. The molecule has 35 heavy (non-hydrogen) atoms. The summed E-state index contributed by atoms with van der Waals surface area (Å²) < 4.78 is 40.2. The van der Waals surface area contributed by atoms with Crippen LogP contribution in [0, 0.1) is 10.1 Å². The van der Waals surface area contributed by atoms with Crippen LogP contribution in [0.2, 0.25) is 0 Å². The predicted molar refractivity (Wildman–Crippen MR) is 122 cm³/mol. The van der Waals surface area contributed by atoms with Gasteiger partial charge >= 0.3 is 6.18 Å². The molecule has 0 atom stereocenters. The van der Waals surface area contributed by atoms with Gasteiger partial charge in [-0.3, -0.25) is 24.6 Å². The molecule has 2 aliphatic heterocycles. The Kier molecular flexibility index (Phi) is 5.51. The monoisotopic (exact) mass is 499 g/mol. The number of carbonyl (C=O) groups excluding carboxylic acids is 2. The number of nitrogens with zero attached hydrogens (tertiary/aromatic N) is 3. The molecular formula is C24H16F3N3O4S. The largest absolute Gasteiger partial charge is 0.416 e. The molecule has 3 aromatic carbocycles. The van der Waals surface area contributed by atoms with Gasteiger partial charge in [0.15, 0.2) is 0 Å². The van der Waals surface area contributed by atoms with E-state index < -0.39 is 28.5 Å². The van der Waals surface area contributed by atoms with Crippen molar-refractivity contribution in [2.75, 3.05) is 18.0 Å². The number of imide groups is 1. The molecule has 0 aliphatic carbocycles. The molecule has 3 aromatic rings. The normalized spacial score (nSPS) is 14.6. The molecule has 0 unspecified atom stereocenters. The Labute approximate surface area is 201 Å². The average Bonchev–Trinajstić information content (AvgIpc) is 3.07. The van der Waals surface area contributed by atoms with E-state index in [0.29, 0.717) is 32.3 Å². The van der Waals surface area contributed by atoms with Crippen molar-refractivity contribution in [3.8, 4) is 0 Å². The third kappa shape index (κ3) is 4.01. The van der Waals surface area contributed by atoms with Crippen LogP contribution in [-0.2, 0) is 6.18 Å². The van der Waals surface area contributed by atoms with Crippen LogP contribution < -0.4 is 4.90 Å². The first-order valence-electron chi connectivity index (χ1n) is 10.6. The molecular weight excluding hydrogens is 483 g/mol. The van der Waals surface area contributed by atoms with Gasteiger partial charge in [0.05, 0.1) is 33.0 Å². The van der Waals surface area contributed by atoms with Gasteiger partial charge in [0.25, 0.3) is 17.5 Å². The number of rotatable bonds is 5. The number of alkyl halides is 3. The second-order valence-corrected chi connectivity index (χ2v) is 9.09. The first-order chi connectivity index (χ1) is 16.6. The zero-order valence-corrected chi connectivity index (χ0v) is 18.7. The fraction of sp³-hybridized carbons (Fsp3) is 0.167. The summed E-state index contributed by atoms with van der Waals surface area (Å²) in [7, 11) is 0. The Morgan fingerprint density at radius 1 is 0.829 bits per heavy atom. The van der Waals surface area contributed by atoms with E-state index in [4.69, 9.17) is 0 Å². The third-order valence-electron chi connectivity index (χ3n) is 5.88. The van der Waals surface area contributed by atoms with Gasteiger partial charge in [0.2, 0.25) is 0 Å². The molecule has 2 aliphatic rings. The summed E-state index contributed by atoms with van der Waals surface area (Å²) in [6.45, 7) is 0.264. The maximum atomic E-state index is 13.4. The summed E-state index contributed by atoms with van der Waals surface area (Å²) in [5.41, 5.74) is 0.544. The van der Waals surface area contributed by atoms with Gasteiger partial charge in [-0.2, -0.15) is 13.2 Å². The summed E-state index contributed by atoms with van der Waals surface area (Å²) >= 11 is 1.16. The van der Waals surface area contributed by atoms with E-state index in [1.165, 1.54) is 24.3 Å². The number of nitro benzene ring substituents is 1. The van der Waals surface area contributed by atoms with Crippen LogP contribution in [0.4, 0.5) is 30.2 Å². The molecule has 7 nitrogen and oxygen atoms in total. The highest BCUT2D eigenvalue weighted by Gasteiger charge is 2.36. The number of fused-ring (bicyclic) bond motifs is 3. The average molecular weight is 499 g/mol. The summed E-state index contributed by atoms with van der Waals surface area (Å²) in [5, 5.41) is 11.2. The quantitative estimate of drug-likeness (QED) is 0.247. The highest BCUT2D eigenvalue weighted by atomic mass is 32.2. The first-order valence-corrected chi connectivity index (χ1v) is 11.4. The van der Waals surface area contributed by atoms with E-state index in [2.05, 4.69) is 0 Å². The van der Waals surface area contributed by atoms with E-state index in [1.54, 1.807) is 29.2 Å². The zero-order valence-electron chi connectivity index (χ0n) is 17.9. The second kappa shape index (κ2) is 8.42. The highest BCUT2D eigenvalue weighted by Crippen LogP contribution is 2.50. The fourth-order valence-corrected chi connectivity index (χ4v) is 5.34. The minimum absolute atomic E-state index is 0.0760. The van der Waals surface area contributed by atoms with Gasteiger partial charge in [-0.25, -0.2) is 0 Å². The summed E-state index contributed by atoms with van der Waals surface area (Å²) in [6.07, 6.45) is -4.26. The Morgan fingerprint density at radius 3 is 2.11 bits per heavy atom. The first kappa shape index (κ1) is 22.9. The molecule has 0 fully saturated rings. The lowest BCUT2D eigenvalue weighted by Crippen LogP contribution is -2.33. The molecule has 0 aromatic heterocycles. The van der Waals surface area contributed by atoms with Crippen LogP contribution in [0.25, 0.3) is 0 Å². The Hall–Kier alpha value is -3.86. The molecule has 2 heterocycles. The molecule has 178 valence electrons. The second-order valence-electron chi connectivity index (χ2n) is 8.00. The molecule has 0 bridgehead atoms. The number of hydrogen-bond donors (Lipinski definition) is 0. The van der Waals surface area contributed by atoms with Gasteiger partial charge in [0.1, 0.15) is 0 Å². The van der Waals surface area contributed by atoms with E-state index in [0.717, 1.165) is 28.8 Å². The predicted octanol–water partition coefficient (Wildman–Crippen LogP) is 5.90. The topological polar surface area (TPSA) is 83.8 Å². The number of non-ortho nitro benzene ring substituents is 1. The van der Waals surface area contributed by atoms with Crippen molar-refractivity contribution < 1.29 is 27.7 Å². The van der Waals surface area contributed by atoms with Gasteiger partial charge in [-0.05, 0) is 42.8 Å². The van der Waals surface area contributed by atoms with Crippen molar-refractivity contribution in [3.63, 3.8) is 0 Å². The van der Waals surface area contributed by atoms with Gasteiger partial charge in [-0.15, -0.1) is 0 Å². The van der Waals surface area contributed by atoms with Crippen LogP contribution in [0.5, 0.6) is 0 Å². The molecule has 5 rings (SSSR count). The molecule has 0 radical (unpaired) electrons. The van der Waals surface area contributed by atoms with E-state index >= 15 is 0 Å². The number of amides is 2. The number of benzene rings is 3. The lowest BCUT2D eigenvalue weighted by Gasteiger charge is -2.33. The Balaban J connectivity index is 1.44. The van der Waals surface area contributed by atoms with Crippen molar-refractivity contribution in [3.05, 3.63) is 87.5 Å². The number of anilines is 2. The van der Waals surface area contributed by atoms with E-state index in [-0.39, 0.29) is 25.2 Å². The standard InChI is InChI=1S/C24H16F3N3O4S/c25-24(26,27)14-6-9-20-19(12-14)28(18-8-7-15(30(33)34)13-21(18)35-20)10-3-11-29-22(31)16-4-1-2-5-17(16)23(29)32/h1-2,4-9,12-13H,3,10-11H2. The summed E-state index contributed by atoms with van der Waals surface area (Å²) in [6, 6.07) is 14.1.